The quantitative estimate of drug-likeness (QED) is 0.199. The third-order valence-electron chi connectivity index (χ3n) is 9.81. The van der Waals surface area contributed by atoms with Gasteiger partial charge >= 0.3 is 0 Å². The first-order valence-electron chi connectivity index (χ1n) is 16.2. The zero-order chi connectivity index (χ0) is 31.3. The van der Waals surface area contributed by atoms with Crippen LogP contribution in [-0.4, -0.2) is 4.57 Å². The first kappa shape index (κ1) is 25.6. The predicted molar refractivity (Wildman–Crippen MR) is 196 cm³/mol. The molecule has 0 unspecified atom stereocenters. The van der Waals surface area contributed by atoms with Crippen molar-refractivity contribution in [2.75, 3.05) is 0 Å². The summed E-state index contributed by atoms with van der Waals surface area (Å²) in [5, 5.41) is 6.67. The van der Waals surface area contributed by atoms with Gasteiger partial charge in [-0.25, -0.2) is 0 Å². The molecule has 0 fully saturated rings. The SMILES string of the molecule is c1ccc(-n2c3cc(-c4ccc5c(c4)oc4ccccc45)ccc3c3oc4cc(-c5ccc6c(c5)oc5ccccc56)ccc4c32)cc1. The molecule has 224 valence electrons. The van der Waals surface area contributed by atoms with Crippen molar-refractivity contribution in [2.24, 2.45) is 0 Å². The zero-order valence-corrected chi connectivity index (χ0v) is 25.6. The number of nitrogens with zero attached hydrogens (tertiary/aromatic N) is 1. The van der Waals surface area contributed by atoms with E-state index in [4.69, 9.17) is 13.3 Å². The van der Waals surface area contributed by atoms with Crippen LogP contribution >= 0.6 is 0 Å². The largest absolute Gasteiger partial charge is 0.456 e. The molecule has 4 heterocycles. The van der Waals surface area contributed by atoms with Crippen LogP contribution in [0.5, 0.6) is 0 Å². The first-order valence-corrected chi connectivity index (χ1v) is 16.2. The Labute approximate surface area is 273 Å². The molecule has 0 aliphatic carbocycles. The van der Waals surface area contributed by atoms with Gasteiger partial charge in [-0.2, -0.15) is 0 Å². The van der Waals surface area contributed by atoms with E-state index in [0.717, 1.165) is 105 Å². The van der Waals surface area contributed by atoms with Gasteiger partial charge < -0.3 is 17.8 Å². The molecule has 11 rings (SSSR count). The summed E-state index contributed by atoms with van der Waals surface area (Å²) in [5.41, 5.74) is 13.0. The summed E-state index contributed by atoms with van der Waals surface area (Å²) in [6.45, 7) is 0. The Morgan fingerprint density at radius 3 is 1.40 bits per heavy atom. The summed E-state index contributed by atoms with van der Waals surface area (Å²) in [5.74, 6) is 0. The van der Waals surface area contributed by atoms with Gasteiger partial charge in [0.25, 0.3) is 0 Å². The van der Waals surface area contributed by atoms with Crippen LogP contribution < -0.4 is 0 Å². The summed E-state index contributed by atoms with van der Waals surface area (Å²) in [6.07, 6.45) is 0. The predicted octanol–water partition coefficient (Wildman–Crippen LogP) is 12.7. The lowest BCUT2D eigenvalue weighted by Gasteiger charge is -2.09. The molecule has 4 aromatic heterocycles. The minimum Gasteiger partial charge on any atom is -0.456 e. The van der Waals surface area contributed by atoms with Crippen LogP contribution in [0.15, 0.2) is 165 Å². The van der Waals surface area contributed by atoms with Gasteiger partial charge in [-0.1, -0.05) is 78.9 Å². The molecule has 0 aliphatic heterocycles. The second-order valence-corrected chi connectivity index (χ2v) is 12.5. The highest BCUT2D eigenvalue weighted by atomic mass is 16.3. The van der Waals surface area contributed by atoms with Crippen LogP contribution in [-0.2, 0) is 0 Å². The molecule has 0 saturated heterocycles. The van der Waals surface area contributed by atoms with Crippen molar-refractivity contribution in [1.82, 2.24) is 4.57 Å². The van der Waals surface area contributed by atoms with E-state index >= 15 is 0 Å². The van der Waals surface area contributed by atoms with Crippen LogP contribution in [0.1, 0.15) is 0 Å². The average molecular weight is 616 g/mol. The summed E-state index contributed by atoms with van der Waals surface area (Å²) in [4.78, 5) is 0. The molecule has 11 aromatic rings. The van der Waals surface area contributed by atoms with E-state index in [1.54, 1.807) is 0 Å². The fourth-order valence-electron chi connectivity index (χ4n) is 7.53. The lowest BCUT2D eigenvalue weighted by molar-refractivity contribution is 0.668. The number of hydrogen-bond acceptors (Lipinski definition) is 3. The number of fused-ring (bicyclic) bond motifs is 11. The van der Waals surface area contributed by atoms with Crippen LogP contribution in [0.2, 0.25) is 0 Å². The maximum Gasteiger partial charge on any atom is 0.161 e. The lowest BCUT2D eigenvalue weighted by Crippen LogP contribution is -1.93. The van der Waals surface area contributed by atoms with Gasteiger partial charge in [0.2, 0.25) is 0 Å². The van der Waals surface area contributed by atoms with Crippen molar-refractivity contribution in [3.05, 3.63) is 152 Å². The van der Waals surface area contributed by atoms with Gasteiger partial charge in [-0.3, -0.25) is 0 Å². The fourth-order valence-corrected chi connectivity index (χ4v) is 7.53. The number of hydrogen-bond donors (Lipinski definition) is 0. The molecule has 0 saturated carbocycles. The Morgan fingerprint density at radius 1 is 0.333 bits per heavy atom. The molecule has 4 heteroatoms. The minimum absolute atomic E-state index is 0.855. The van der Waals surface area contributed by atoms with E-state index in [1.807, 2.05) is 30.3 Å². The van der Waals surface area contributed by atoms with E-state index in [-0.39, 0.29) is 0 Å². The Kier molecular flexibility index (Phi) is 5.08. The van der Waals surface area contributed by atoms with E-state index in [0.29, 0.717) is 0 Å². The monoisotopic (exact) mass is 615 g/mol. The van der Waals surface area contributed by atoms with Crippen molar-refractivity contribution >= 4 is 76.8 Å². The van der Waals surface area contributed by atoms with E-state index in [2.05, 4.69) is 126 Å². The Balaban J connectivity index is 1.09. The number of furan rings is 3. The highest BCUT2D eigenvalue weighted by Crippen LogP contribution is 2.42. The zero-order valence-electron chi connectivity index (χ0n) is 25.6. The molecule has 7 aromatic carbocycles. The van der Waals surface area contributed by atoms with Crippen LogP contribution in [0.4, 0.5) is 0 Å². The van der Waals surface area contributed by atoms with Crippen LogP contribution in [0.3, 0.4) is 0 Å². The van der Waals surface area contributed by atoms with Crippen molar-refractivity contribution < 1.29 is 13.3 Å². The van der Waals surface area contributed by atoms with Crippen molar-refractivity contribution in [3.8, 4) is 27.9 Å². The summed E-state index contributed by atoms with van der Waals surface area (Å²) in [7, 11) is 0. The average Bonchev–Trinajstić information content (AvgIpc) is 3.89. The number of rotatable bonds is 3. The molecule has 0 spiro atoms. The van der Waals surface area contributed by atoms with Crippen molar-refractivity contribution in [2.45, 2.75) is 0 Å². The maximum absolute atomic E-state index is 6.74. The van der Waals surface area contributed by atoms with E-state index < -0.39 is 0 Å². The maximum atomic E-state index is 6.74. The van der Waals surface area contributed by atoms with Gasteiger partial charge in [0, 0.05) is 38.0 Å². The summed E-state index contributed by atoms with van der Waals surface area (Å²) in [6, 6.07) is 53.0. The first-order chi connectivity index (χ1) is 23.8. The fraction of sp³-hybridized carbons (Fsp3) is 0. The molecule has 48 heavy (non-hydrogen) atoms. The van der Waals surface area contributed by atoms with Gasteiger partial charge in [0.15, 0.2) is 5.58 Å². The standard InChI is InChI=1S/C44H25NO3/c1-2-8-30(9-3-1)45-37-22-26(27-14-18-33-31-10-4-6-12-38(31)46-40(33)23-27)16-20-35(37)44-43(45)36-21-17-29(25-42(36)48-44)28-15-19-34-32-11-5-7-13-39(32)47-41(34)24-28/h1-25H. The molecular weight excluding hydrogens is 590 g/mol. The third-order valence-corrected chi connectivity index (χ3v) is 9.81. The number of para-hydroxylation sites is 3. The van der Waals surface area contributed by atoms with Gasteiger partial charge in [0.05, 0.1) is 5.52 Å². The molecule has 0 radical (unpaired) electrons. The minimum atomic E-state index is 0.855. The Morgan fingerprint density at radius 2 is 0.792 bits per heavy atom. The van der Waals surface area contributed by atoms with Crippen LogP contribution in [0.25, 0.3) is 105 Å². The van der Waals surface area contributed by atoms with Crippen LogP contribution in [0, 0.1) is 0 Å². The lowest BCUT2D eigenvalue weighted by atomic mass is 10.0. The third kappa shape index (κ3) is 3.60. The van der Waals surface area contributed by atoms with Crippen molar-refractivity contribution in [3.63, 3.8) is 0 Å². The van der Waals surface area contributed by atoms with Gasteiger partial charge in [-0.15, -0.1) is 0 Å². The normalized spacial score (nSPS) is 12.2. The molecule has 0 atom stereocenters. The topological polar surface area (TPSA) is 44.4 Å². The number of benzene rings is 7. The van der Waals surface area contributed by atoms with Gasteiger partial charge in [-0.05, 0) is 95.1 Å². The second-order valence-electron chi connectivity index (χ2n) is 12.5. The Bertz CT molecular complexity index is 3050. The molecule has 0 aliphatic rings. The number of aromatic nitrogens is 1. The Hall–Kier alpha value is -6.52. The smallest absolute Gasteiger partial charge is 0.161 e. The highest BCUT2D eigenvalue weighted by Gasteiger charge is 2.21. The summed E-state index contributed by atoms with van der Waals surface area (Å²) >= 11 is 0. The second kappa shape index (κ2) is 9.50. The molecule has 0 N–H and O–H groups in total. The van der Waals surface area contributed by atoms with Crippen molar-refractivity contribution in [1.29, 1.82) is 0 Å². The summed E-state index contributed by atoms with van der Waals surface area (Å²) < 4.78 is 21.5. The van der Waals surface area contributed by atoms with E-state index in [9.17, 15) is 0 Å². The molecule has 4 nitrogen and oxygen atoms in total. The van der Waals surface area contributed by atoms with Gasteiger partial charge in [0.1, 0.15) is 33.4 Å². The van der Waals surface area contributed by atoms with E-state index in [1.165, 1.54) is 0 Å². The highest BCUT2D eigenvalue weighted by molar-refractivity contribution is 6.17. The molecular formula is C44H25NO3. The molecule has 0 bridgehead atoms. The molecule has 0 amide bonds.